The molecule has 1 rings (SSSR count). The summed E-state index contributed by atoms with van der Waals surface area (Å²) in [5, 5.41) is 2.42. The van der Waals surface area contributed by atoms with E-state index in [-0.39, 0.29) is 6.07 Å². The molecule has 0 saturated heterocycles. The van der Waals surface area contributed by atoms with E-state index in [0.717, 1.165) is 5.10 Å². The lowest BCUT2D eigenvalue weighted by Crippen LogP contribution is -2.59. The molecule has 0 aliphatic heterocycles. The maximum absolute atomic E-state index is 13.1. The van der Waals surface area contributed by atoms with Crippen LogP contribution in [0.15, 0.2) is 10.9 Å². The van der Waals surface area contributed by atoms with Crippen molar-refractivity contribution in [2.24, 2.45) is 0 Å². The summed E-state index contributed by atoms with van der Waals surface area (Å²) in [4.78, 5) is 10.4. The van der Waals surface area contributed by atoms with Crippen molar-refractivity contribution in [3.05, 3.63) is 22.1 Å². The molecule has 0 fully saturated rings. The van der Waals surface area contributed by atoms with Crippen LogP contribution in [-0.4, -0.2) is 28.2 Å². The van der Waals surface area contributed by atoms with Crippen molar-refractivity contribution in [2.75, 3.05) is 0 Å². The van der Waals surface area contributed by atoms with E-state index in [0.29, 0.717) is 0 Å². The Morgan fingerprint density at radius 1 is 0.789 bits per heavy atom. The van der Waals surface area contributed by atoms with Crippen LogP contribution in [0.5, 0.6) is 0 Å². The summed E-state index contributed by atoms with van der Waals surface area (Å²) < 4.78 is 112. The summed E-state index contributed by atoms with van der Waals surface area (Å²) in [6, 6.07) is -0.250. The van der Waals surface area contributed by atoms with Crippen molar-refractivity contribution in [2.45, 2.75) is 23.9 Å². The number of H-pyrrole nitrogens is 2. The molecule has 0 aliphatic rings. The third kappa shape index (κ3) is 2.08. The minimum absolute atomic E-state index is 0.250. The van der Waals surface area contributed by atoms with Crippen molar-refractivity contribution < 1.29 is 39.5 Å². The minimum atomic E-state index is -6.99. The average molecular weight is 302 g/mol. The standard InChI is InChI=1S/C7H3F9N2O/c8-4(9,2-1-3(19)18-17-2)5(10,11)6(12,13)7(14,15)16/h1H,(H2,17,18,19). The van der Waals surface area contributed by atoms with Crippen LogP contribution in [0.3, 0.4) is 0 Å². The fraction of sp³-hybridized carbons (Fsp3) is 0.571. The Morgan fingerprint density at radius 3 is 1.58 bits per heavy atom. The van der Waals surface area contributed by atoms with Crippen LogP contribution < -0.4 is 5.56 Å². The van der Waals surface area contributed by atoms with E-state index in [1.165, 1.54) is 5.10 Å². The number of hydrogen-bond donors (Lipinski definition) is 2. The van der Waals surface area contributed by atoms with Crippen LogP contribution in [0, 0.1) is 0 Å². The smallest absolute Gasteiger partial charge is 0.296 e. The van der Waals surface area contributed by atoms with Gasteiger partial charge in [0.05, 0.1) is 0 Å². The maximum Gasteiger partial charge on any atom is 0.460 e. The SMILES string of the molecule is O=c1cc(C(F)(F)C(F)(F)C(F)(F)C(F)(F)F)[nH][nH]1. The molecule has 0 amide bonds. The Hall–Kier alpha value is -1.62. The number of alkyl halides is 9. The lowest BCUT2D eigenvalue weighted by atomic mass is 10.0. The monoisotopic (exact) mass is 302 g/mol. The Morgan fingerprint density at radius 2 is 1.26 bits per heavy atom. The third-order valence-corrected chi connectivity index (χ3v) is 2.08. The van der Waals surface area contributed by atoms with Crippen LogP contribution in [0.4, 0.5) is 39.5 Å². The first-order valence-corrected chi connectivity index (χ1v) is 4.23. The fourth-order valence-electron chi connectivity index (χ4n) is 1.05. The van der Waals surface area contributed by atoms with Crippen molar-refractivity contribution in [1.29, 1.82) is 0 Å². The van der Waals surface area contributed by atoms with Gasteiger partial charge in [0.25, 0.3) is 5.56 Å². The number of rotatable bonds is 3. The Labute approximate surface area is 96.9 Å². The quantitative estimate of drug-likeness (QED) is 0.829. The largest absolute Gasteiger partial charge is 0.460 e. The first-order valence-electron chi connectivity index (χ1n) is 4.23. The van der Waals surface area contributed by atoms with Crippen LogP contribution in [0.25, 0.3) is 0 Å². The summed E-state index contributed by atoms with van der Waals surface area (Å²) in [5.41, 5.74) is -3.49. The molecule has 0 atom stereocenters. The molecule has 0 radical (unpaired) electrons. The lowest BCUT2D eigenvalue weighted by Gasteiger charge is -2.32. The highest BCUT2D eigenvalue weighted by molar-refractivity contribution is 5.15. The number of aromatic nitrogens is 2. The van der Waals surface area contributed by atoms with Gasteiger partial charge >= 0.3 is 23.9 Å². The highest BCUT2D eigenvalue weighted by Gasteiger charge is 2.82. The molecule has 0 unspecified atom stereocenters. The Kier molecular flexibility index (Phi) is 3.20. The second-order valence-corrected chi connectivity index (χ2v) is 3.39. The van der Waals surface area contributed by atoms with Gasteiger partial charge in [-0.05, 0) is 0 Å². The highest BCUT2D eigenvalue weighted by Crippen LogP contribution is 2.55. The molecule has 0 saturated carbocycles. The second-order valence-electron chi connectivity index (χ2n) is 3.39. The van der Waals surface area contributed by atoms with E-state index in [2.05, 4.69) is 0 Å². The molecular weight excluding hydrogens is 299 g/mol. The van der Waals surface area contributed by atoms with Crippen molar-refractivity contribution >= 4 is 0 Å². The van der Waals surface area contributed by atoms with E-state index >= 15 is 0 Å². The number of aromatic amines is 2. The van der Waals surface area contributed by atoms with Crippen molar-refractivity contribution in [3.63, 3.8) is 0 Å². The van der Waals surface area contributed by atoms with Crippen LogP contribution >= 0.6 is 0 Å². The normalized spacial score (nSPS) is 14.8. The van der Waals surface area contributed by atoms with Gasteiger partial charge in [-0.1, -0.05) is 0 Å². The summed E-state index contributed by atoms with van der Waals surface area (Å²) in [5.74, 6) is -19.7. The topological polar surface area (TPSA) is 48.6 Å². The van der Waals surface area contributed by atoms with Gasteiger partial charge in [0, 0.05) is 6.07 Å². The van der Waals surface area contributed by atoms with Gasteiger partial charge in [-0.2, -0.15) is 39.5 Å². The molecule has 1 aromatic rings. The van der Waals surface area contributed by atoms with Crippen molar-refractivity contribution in [1.82, 2.24) is 10.2 Å². The van der Waals surface area contributed by atoms with E-state index in [4.69, 9.17) is 0 Å². The average Bonchev–Trinajstić information content (AvgIpc) is 2.63. The first kappa shape index (κ1) is 15.4. The summed E-state index contributed by atoms with van der Waals surface area (Å²) in [6.45, 7) is 0. The predicted octanol–water partition coefficient (Wildman–Crippen LogP) is 2.63. The van der Waals surface area contributed by atoms with Gasteiger partial charge in [0.1, 0.15) is 5.69 Å². The summed E-state index contributed by atoms with van der Waals surface area (Å²) in [7, 11) is 0. The Balaban J connectivity index is 3.37. The molecule has 0 bridgehead atoms. The molecule has 2 N–H and O–H groups in total. The molecular formula is C7H3F9N2O. The van der Waals surface area contributed by atoms with Gasteiger partial charge in [-0.15, -0.1) is 0 Å². The van der Waals surface area contributed by atoms with Crippen LogP contribution in [0.1, 0.15) is 5.69 Å². The van der Waals surface area contributed by atoms with Gasteiger partial charge in [-0.3, -0.25) is 15.0 Å². The first-order chi connectivity index (χ1) is 8.25. The van der Waals surface area contributed by atoms with Gasteiger partial charge in [0.2, 0.25) is 0 Å². The maximum atomic E-state index is 13.1. The second kappa shape index (κ2) is 3.93. The highest BCUT2D eigenvalue weighted by atomic mass is 19.4. The molecule has 19 heavy (non-hydrogen) atoms. The van der Waals surface area contributed by atoms with E-state index in [9.17, 15) is 44.3 Å². The zero-order chi connectivity index (χ0) is 15.3. The van der Waals surface area contributed by atoms with Crippen LogP contribution in [-0.2, 0) is 5.92 Å². The molecule has 0 aliphatic carbocycles. The number of nitrogens with one attached hydrogen (secondary N) is 2. The molecule has 1 aromatic heterocycles. The fourth-order valence-corrected chi connectivity index (χ4v) is 1.05. The van der Waals surface area contributed by atoms with E-state index in [1.54, 1.807) is 0 Å². The molecule has 1 heterocycles. The minimum Gasteiger partial charge on any atom is -0.296 e. The molecule has 12 heteroatoms. The molecule has 0 aromatic carbocycles. The number of halogens is 9. The molecule has 0 spiro atoms. The zero-order valence-corrected chi connectivity index (χ0v) is 8.39. The van der Waals surface area contributed by atoms with Crippen molar-refractivity contribution in [3.8, 4) is 0 Å². The molecule has 3 nitrogen and oxygen atoms in total. The Bertz CT molecular complexity index is 511. The van der Waals surface area contributed by atoms with E-state index < -0.39 is 35.2 Å². The third-order valence-electron chi connectivity index (χ3n) is 2.08. The van der Waals surface area contributed by atoms with Gasteiger partial charge < -0.3 is 0 Å². The number of hydrogen-bond acceptors (Lipinski definition) is 1. The van der Waals surface area contributed by atoms with E-state index in [1.807, 2.05) is 0 Å². The van der Waals surface area contributed by atoms with Gasteiger partial charge in [-0.25, -0.2) is 0 Å². The summed E-state index contributed by atoms with van der Waals surface area (Å²) >= 11 is 0. The molecule has 110 valence electrons. The lowest BCUT2D eigenvalue weighted by molar-refractivity contribution is -0.400. The summed E-state index contributed by atoms with van der Waals surface area (Å²) in [6.07, 6.45) is -6.89. The van der Waals surface area contributed by atoms with Crippen LogP contribution in [0.2, 0.25) is 0 Å². The predicted molar refractivity (Wildman–Crippen MR) is 41.3 cm³/mol. The van der Waals surface area contributed by atoms with Gasteiger partial charge in [0.15, 0.2) is 0 Å². The zero-order valence-electron chi connectivity index (χ0n) is 8.39.